The highest BCUT2D eigenvalue weighted by atomic mass is 35.5. The Balaban J connectivity index is 2.48. The maximum Gasteiger partial charge on any atom is 0.231 e. The van der Waals surface area contributed by atoms with Crippen molar-refractivity contribution in [1.82, 2.24) is 5.32 Å². The summed E-state index contributed by atoms with van der Waals surface area (Å²) in [6.07, 6.45) is 0. The average molecular weight is 228 g/mol. The number of hydrogen-bond donors (Lipinski definition) is 1. The van der Waals surface area contributed by atoms with Gasteiger partial charge in [-0.25, -0.2) is 0 Å². The molecule has 15 heavy (non-hydrogen) atoms. The molecular weight excluding hydrogens is 214 g/mol. The van der Waals surface area contributed by atoms with Gasteiger partial charge in [0.2, 0.25) is 6.79 Å². The van der Waals surface area contributed by atoms with Crippen LogP contribution in [0.4, 0.5) is 0 Å². The molecule has 1 aliphatic heterocycles. The van der Waals surface area contributed by atoms with Gasteiger partial charge in [0.05, 0.1) is 5.02 Å². The fraction of sp³-hybridized carbons (Fsp3) is 0.455. The summed E-state index contributed by atoms with van der Waals surface area (Å²) in [5, 5.41) is 3.82. The van der Waals surface area contributed by atoms with Crippen molar-refractivity contribution in [2.75, 3.05) is 13.8 Å². The Hall–Kier alpha value is -0.930. The highest BCUT2D eigenvalue weighted by Crippen LogP contribution is 2.41. The summed E-state index contributed by atoms with van der Waals surface area (Å²) >= 11 is 6.11. The van der Waals surface area contributed by atoms with Gasteiger partial charge < -0.3 is 14.8 Å². The lowest BCUT2D eigenvalue weighted by atomic mass is 9.94. The molecule has 82 valence electrons. The third kappa shape index (κ3) is 1.77. The van der Waals surface area contributed by atoms with Crippen LogP contribution in [0.25, 0.3) is 0 Å². The van der Waals surface area contributed by atoms with Gasteiger partial charge in [-0.2, -0.15) is 0 Å². The van der Waals surface area contributed by atoms with Crippen LogP contribution in [-0.2, 0) is 5.54 Å². The quantitative estimate of drug-likeness (QED) is 0.842. The summed E-state index contributed by atoms with van der Waals surface area (Å²) in [5.41, 5.74) is 0.948. The molecule has 0 aliphatic carbocycles. The van der Waals surface area contributed by atoms with Crippen molar-refractivity contribution in [2.24, 2.45) is 0 Å². The zero-order valence-electron chi connectivity index (χ0n) is 9.06. The molecule has 0 amide bonds. The standard InChI is InChI=1S/C11H14ClNO2/c1-11(2,13-3)7-4-8(12)10-9(5-7)14-6-15-10/h4-5,13H,6H2,1-3H3. The van der Waals surface area contributed by atoms with E-state index in [1.54, 1.807) is 0 Å². The molecule has 0 atom stereocenters. The van der Waals surface area contributed by atoms with Crippen molar-refractivity contribution in [3.63, 3.8) is 0 Å². The lowest BCUT2D eigenvalue weighted by Gasteiger charge is -2.25. The molecule has 0 radical (unpaired) electrons. The Morgan fingerprint density at radius 1 is 1.33 bits per heavy atom. The van der Waals surface area contributed by atoms with E-state index in [0.29, 0.717) is 10.8 Å². The SMILES string of the molecule is CNC(C)(C)c1cc(Cl)c2c(c1)OCO2. The van der Waals surface area contributed by atoms with E-state index in [-0.39, 0.29) is 12.3 Å². The number of rotatable bonds is 2. The minimum absolute atomic E-state index is 0.134. The van der Waals surface area contributed by atoms with Crippen molar-refractivity contribution < 1.29 is 9.47 Å². The Labute approximate surface area is 94.3 Å². The zero-order valence-corrected chi connectivity index (χ0v) is 9.81. The third-order valence-corrected chi connectivity index (χ3v) is 3.05. The fourth-order valence-corrected chi connectivity index (χ4v) is 1.74. The molecule has 1 aliphatic rings. The molecule has 0 spiro atoms. The lowest BCUT2D eigenvalue weighted by Crippen LogP contribution is -2.33. The van der Waals surface area contributed by atoms with E-state index in [0.717, 1.165) is 11.3 Å². The zero-order chi connectivity index (χ0) is 11.1. The number of benzene rings is 1. The Morgan fingerprint density at radius 3 is 2.73 bits per heavy atom. The number of fused-ring (bicyclic) bond motifs is 1. The van der Waals surface area contributed by atoms with Gasteiger partial charge in [0.1, 0.15) is 0 Å². The number of nitrogens with one attached hydrogen (secondary N) is 1. The van der Waals surface area contributed by atoms with Crippen molar-refractivity contribution in [3.8, 4) is 11.5 Å². The Morgan fingerprint density at radius 2 is 2.07 bits per heavy atom. The van der Waals surface area contributed by atoms with Gasteiger partial charge in [0.25, 0.3) is 0 Å². The summed E-state index contributed by atoms with van der Waals surface area (Å²) in [6, 6.07) is 3.87. The molecular formula is C11H14ClNO2. The second-order valence-electron chi connectivity index (χ2n) is 4.07. The molecule has 1 aromatic rings. The van der Waals surface area contributed by atoms with Crippen molar-refractivity contribution in [2.45, 2.75) is 19.4 Å². The van der Waals surface area contributed by atoms with Crippen LogP contribution in [0.1, 0.15) is 19.4 Å². The second-order valence-corrected chi connectivity index (χ2v) is 4.47. The van der Waals surface area contributed by atoms with Gasteiger partial charge in [0, 0.05) is 5.54 Å². The number of ether oxygens (including phenoxy) is 2. The predicted octanol–water partition coefficient (Wildman–Crippen LogP) is 2.52. The van der Waals surface area contributed by atoms with Crippen LogP contribution in [0, 0.1) is 0 Å². The minimum atomic E-state index is -0.134. The first-order valence-corrected chi connectivity index (χ1v) is 5.21. The van der Waals surface area contributed by atoms with E-state index in [1.807, 2.05) is 19.2 Å². The maximum atomic E-state index is 6.11. The fourth-order valence-electron chi connectivity index (χ4n) is 1.47. The highest BCUT2D eigenvalue weighted by Gasteiger charge is 2.24. The van der Waals surface area contributed by atoms with E-state index in [1.165, 1.54) is 0 Å². The molecule has 0 unspecified atom stereocenters. The third-order valence-electron chi connectivity index (χ3n) is 2.77. The first-order valence-electron chi connectivity index (χ1n) is 4.83. The van der Waals surface area contributed by atoms with Crippen LogP contribution in [-0.4, -0.2) is 13.8 Å². The van der Waals surface area contributed by atoms with Crippen molar-refractivity contribution in [1.29, 1.82) is 0 Å². The molecule has 0 bridgehead atoms. The molecule has 0 fully saturated rings. The average Bonchev–Trinajstić information content (AvgIpc) is 2.66. The summed E-state index contributed by atoms with van der Waals surface area (Å²) in [5.74, 6) is 1.37. The summed E-state index contributed by atoms with van der Waals surface area (Å²) in [7, 11) is 1.92. The van der Waals surface area contributed by atoms with E-state index in [9.17, 15) is 0 Å². The first-order chi connectivity index (χ1) is 7.04. The molecule has 3 nitrogen and oxygen atoms in total. The van der Waals surface area contributed by atoms with Gasteiger partial charge in [-0.05, 0) is 38.6 Å². The predicted molar refractivity (Wildman–Crippen MR) is 59.7 cm³/mol. The van der Waals surface area contributed by atoms with Crippen LogP contribution in [0.5, 0.6) is 11.5 Å². The Kier molecular flexibility index (Phi) is 2.52. The van der Waals surface area contributed by atoms with E-state index >= 15 is 0 Å². The van der Waals surface area contributed by atoms with E-state index in [4.69, 9.17) is 21.1 Å². The molecule has 2 rings (SSSR count). The molecule has 1 N–H and O–H groups in total. The summed E-state index contributed by atoms with van der Waals surface area (Å²) in [6.45, 7) is 4.42. The summed E-state index contributed by atoms with van der Waals surface area (Å²) < 4.78 is 10.6. The van der Waals surface area contributed by atoms with Crippen molar-refractivity contribution >= 4 is 11.6 Å². The smallest absolute Gasteiger partial charge is 0.231 e. The van der Waals surface area contributed by atoms with Gasteiger partial charge in [0.15, 0.2) is 11.5 Å². The first kappa shape index (κ1) is 10.6. The topological polar surface area (TPSA) is 30.5 Å². The molecule has 0 saturated heterocycles. The maximum absolute atomic E-state index is 6.11. The van der Waals surface area contributed by atoms with Crippen LogP contribution in [0.3, 0.4) is 0 Å². The van der Waals surface area contributed by atoms with Crippen molar-refractivity contribution in [3.05, 3.63) is 22.7 Å². The molecule has 0 aromatic heterocycles. The largest absolute Gasteiger partial charge is 0.454 e. The molecule has 1 aromatic carbocycles. The number of hydrogen-bond acceptors (Lipinski definition) is 3. The van der Waals surface area contributed by atoms with Crippen LogP contribution < -0.4 is 14.8 Å². The molecule has 4 heteroatoms. The Bertz CT molecular complexity index is 390. The highest BCUT2D eigenvalue weighted by molar-refractivity contribution is 6.32. The lowest BCUT2D eigenvalue weighted by molar-refractivity contribution is 0.174. The van der Waals surface area contributed by atoms with Crippen LogP contribution in [0.15, 0.2) is 12.1 Å². The van der Waals surface area contributed by atoms with Gasteiger partial charge in [-0.1, -0.05) is 11.6 Å². The minimum Gasteiger partial charge on any atom is -0.454 e. The van der Waals surface area contributed by atoms with Crippen LogP contribution >= 0.6 is 11.6 Å². The second kappa shape index (κ2) is 3.58. The normalized spacial score (nSPS) is 14.4. The van der Waals surface area contributed by atoms with Gasteiger partial charge >= 0.3 is 0 Å². The monoisotopic (exact) mass is 227 g/mol. The molecule has 0 saturated carbocycles. The van der Waals surface area contributed by atoms with Gasteiger partial charge in [-0.3, -0.25) is 0 Å². The van der Waals surface area contributed by atoms with Gasteiger partial charge in [-0.15, -0.1) is 0 Å². The van der Waals surface area contributed by atoms with Crippen LogP contribution in [0.2, 0.25) is 5.02 Å². The summed E-state index contributed by atoms with van der Waals surface area (Å²) in [4.78, 5) is 0. The number of halogens is 1. The molecule has 1 heterocycles. The van der Waals surface area contributed by atoms with E-state index < -0.39 is 0 Å². The van der Waals surface area contributed by atoms with E-state index in [2.05, 4.69) is 19.2 Å².